The van der Waals surface area contributed by atoms with Gasteiger partial charge in [-0.15, -0.1) is 0 Å². The quantitative estimate of drug-likeness (QED) is 0.248. The number of fused-ring (bicyclic) bond motifs is 1. The molecule has 2 aromatic heterocycles. The molecular weight excluding hydrogens is 436 g/mol. The maximum Gasteiger partial charge on any atom is 0.255 e. The molecule has 1 amide bonds. The number of amides is 1. The molecule has 0 radical (unpaired) electrons. The molecule has 0 saturated carbocycles. The molecule has 6 nitrogen and oxygen atoms in total. The van der Waals surface area contributed by atoms with E-state index in [1.165, 1.54) is 0 Å². The molecule has 0 fully saturated rings. The average molecular weight is 463 g/mol. The van der Waals surface area contributed by atoms with E-state index in [9.17, 15) is 9.59 Å². The first-order chi connectivity index (χ1) is 17.0. The van der Waals surface area contributed by atoms with Gasteiger partial charge in [0.2, 0.25) is 5.78 Å². The zero-order valence-electron chi connectivity index (χ0n) is 19.4. The summed E-state index contributed by atoms with van der Waals surface area (Å²) >= 11 is 0. The van der Waals surface area contributed by atoms with Crippen LogP contribution in [0.25, 0.3) is 22.0 Å². The van der Waals surface area contributed by atoms with Gasteiger partial charge in [-0.05, 0) is 30.5 Å². The van der Waals surface area contributed by atoms with Crippen molar-refractivity contribution in [3.63, 3.8) is 0 Å². The molecule has 3 aromatic carbocycles. The zero-order valence-corrected chi connectivity index (χ0v) is 19.4. The molecule has 35 heavy (non-hydrogen) atoms. The van der Waals surface area contributed by atoms with Gasteiger partial charge in [-0.3, -0.25) is 9.59 Å². The Kier molecular flexibility index (Phi) is 5.94. The van der Waals surface area contributed by atoms with Crippen molar-refractivity contribution in [1.29, 1.82) is 0 Å². The molecule has 6 heteroatoms. The molecule has 5 rings (SSSR count). The van der Waals surface area contributed by atoms with Crippen molar-refractivity contribution < 1.29 is 9.59 Å². The van der Waals surface area contributed by atoms with Gasteiger partial charge in [0, 0.05) is 34.8 Å². The lowest BCUT2D eigenvalue weighted by Crippen LogP contribution is -2.26. The number of benzene rings is 3. The molecule has 0 aliphatic rings. The summed E-state index contributed by atoms with van der Waals surface area (Å²) < 4.78 is 0. The van der Waals surface area contributed by atoms with Crippen LogP contribution in [0, 0.1) is 6.92 Å². The Hall–Kier alpha value is -4.58. The van der Waals surface area contributed by atoms with Crippen LogP contribution < -0.4 is 11.1 Å². The second kappa shape index (κ2) is 9.35. The number of hydrogen-bond acceptors (Lipinski definition) is 3. The van der Waals surface area contributed by atoms with Crippen LogP contribution in [0.4, 0.5) is 5.82 Å². The smallest absolute Gasteiger partial charge is 0.255 e. The molecule has 2 heterocycles. The summed E-state index contributed by atoms with van der Waals surface area (Å²) in [5.41, 5.74) is 11.9. The fourth-order valence-corrected chi connectivity index (χ4v) is 4.41. The Morgan fingerprint density at radius 2 is 1.63 bits per heavy atom. The number of aromatic amines is 2. The van der Waals surface area contributed by atoms with Crippen molar-refractivity contribution in [2.45, 2.75) is 13.3 Å². The summed E-state index contributed by atoms with van der Waals surface area (Å²) in [6.45, 7) is 2.42. The third kappa shape index (κ3) is 4.34. The molecule has 0 spiro atoms. The van der Waals surface area contributed by atoms with E-state index in [2.05, 4.69) is 21.4 Å². The summed E-state index contributed by atoms with van der Waals surface area (Å²) in [6.07, 6.45) is 2.63. The summed E-state index contributed by atoms with van der Waals surface area (Å²) in [7, 11) is 0. The molecule has 0 aliphatic carbocycles. The van der Waals surface area contributed by atoms with Gasteiger partial charge in [0.15, 0.2) is 0 Å². The number of ketones is 1. The van der Waals surface area contributed by atoms with Gasteiger partial charge in [-0.2, -0.15) is 0 Å². The molecule has 0 unspecified atom stereocenters. The van der Waals surface area contributed by atoms with Crippen LogP contribution in [-0.4, -0.2) is 28.2 Å². The monoisotopic (exact) mass is 462 g/mol. The Bertz CT molecular complexity index is 1510. The number of nitrogen functional groups attached to an aromatic ring is 1. The Morgan fingerprint density at radius 1 is 0.914 bits per heavy atom. The van der Waals surface area contributed by atoms with Gasteiger partial charge in [0.25, 0.3) is 5.91 Å². The molecule has 0 aliphatic heterocycles. The van der Waals surface area contributed by atoms with E-state index >= 15 is 0 Å². The van der Waals surface area contributed by atoms with E-state index < -0.39 is 0 Å². The van der Waals surface area contributed by atoms with Gasteiger partial charge in [0.1, 0.15) is 5.82 Å². The maximum atomic E-state index is 13.4. The summed E-state index contributed by atoms with van der Waals surface area (Å²) in [6, 6.07) is 24.8. The number of para-hydroxylation sites is 1. The molecule has 0 bridgehead atoms. The number of aromatic nitrogens is 2. The lowest BCUT2D eigenvalue weighted by atomic mass is 9.96. The van der Waals surface area contributed by atoms with Crippen LogP contribution in [0.5, 0.6) is 0 Å². The van der Waals surface area contributed by atoms with Crippen LogP contribution in [-0.2, 0) is 6.42 Å². The number of rotatable bonds is 7. The number of aryl methyl sites for hydroxylation is 1. The summed E-state index contributed by atoms with van der Waals surface area (Å²) in [5.74, 6) is -0.364. The minimum Gasteiger partial charge on any atom is -0.385 e. The van der Waals surface area contributed by atoms with E-state index in [0.29, 0.717) is 29.8 Å². The average Bonchev–Trinajstić information content (AvgIpc) is 3.45. The number of carbonyl (C=O) groups is 2. The predicted octanol–water partition coefficient (Wildman–Crippen LogP) is 5.26. The minimum absolute atomic E-state index is 0.171. The third-order valence-corrected chi connectivity index (χ3v) is 6.21. The van der Waals surface area contributed by atoms with Crippen LogP contribution in [0.1, 0.15) is 37.5 Å². The van der Waals surface area contributed by atoms with E-state index in [0.717, 1.165) is 27.6 Å². The lowest BCUT2D eigenvalue weighted by molar-refractivity contribution is 0.0955. The fourth-order valence-electron chi connectivity index (χ4n) is 4.41. The Balaban J connectivity index is 1.46. The number of nitrogens with one attached hydrogen (secondary N) is 3. The van der Waals surface area contributed by atoms with Crippen molar-refractivity contribution in [1.82, 2.24) is 15.3 Å². The molecular formula is C29H26N4O2. The van der Waals surface area contributed by atoms with Gasteiger partial charge >= 0.3 is 0 Å². The highest BCUT2D eigenvalue weighted by atomic mass is 16.1. The van der Waals surface area contributed by atoms with E-state index in [-0.39, 0.29) is 23.1 Å². The molecule has 5 aromatic rings. The molecule has 174 valence electrons. The minimum atomic E-state index is -0.318. The molecule has 0 saturated heterocycles. The molecule has 0 atom stereocenters. The largest absolute Gasteiger partial charge is 0.385 e. The van der Waals surface area contributed by atoms with E-state index in [4.69, 9.17) is 5.73 Å². The Morgan fingerprint density at radius 3 is 2.40 bits per heavy atom. The summed E-state index contributed by atoms with van der Waals surface area (Å²) in [5, 5.41) is 4.13. The highest BCUT2D eigenvalue weighted by molar-refractivity contribution is 6.17. The van der Waals surface area contributed by atoms with E-state index in [1.807, 2.05) is 73.8 Å². The van der Waals surface area contributed by atoms with Crippen molar-refractivity contribution in [2.24, 2.45) is 0 Å². The molecule has 5 N–H and O–H groups in total. The SMILES string of the molecule is Cc1ccc(-c2c(C(=O)c3ccccc3)[nH]c(N)c2C(=O)NCCc2c[nH]c3ccccc23)cc1. The topological polar surface area (TPSA) is 104 Å². The number of nitrogens with two attached hydrogens (primary N) is 1. The third-order valence-electron chi connectivity index (χ3n) is 6.21. The van der Waals surface area contributed by atoms with Gasteiger partial charge < -0.3 is 21.0 Å². The second-order valence-corrected chi connectivity index (χ2v) is 8.59. The van der Waals surface area contributed by atoms with E-state index in [1.54, 1.807) is 12.1 Å². The summed E-state index contributed by atoms with van der Waals surface area (Å²) in [4.78, 5) is 33.0. The number of H-pyrrole nitrogens is 2. The van der Waals surface area contributed by atoms with Crippen LogP contribution in [0.3, 0.4) is 0 Å². The normalized spacial score (nSPS) is 11.0. The van der Waals surface area contributed by atoms with Gasteiger partial charge in [-0.1, -0.05) is 78.4 Å². The van der Waals surface area contributed by atoms with Crippen molar-refractivity contribution in [3.8, 4) is 11.1 Å². The number of carbonyl (C=O) groups excluding carboxylic acids is 2. The van der Waals surface area contributed by atoms with Gasteiger partial charge in [-0.25, -0.2) is 0 Å². The van der Waals surface area contributed by atoms with Crippen molar-refractivity contribution in [2.75, 3.05) is 12.3 Å². The van der Waals surface area contributed by atoms with Gasteiger partial charge in [0.05, 0.1) is 11.3 Å². The lowest BCUT2D eigenvalue weighted by Gasteiger charge is -2.10. The highest BCUT2D eigenvalue weighted by Crippen LogP contribution is 2.33. The maximum absolute atomic E-state index is 13.4. The number of anilines is 1. The van der Waals surface area contributed by atoms with Crippen LogP contribution in [0.15, 0.2) is 85.1 Å². The van der Waals surface area contributed by atoms with Crippen molar-refractivity contribution in [3.05, 3.63) is 113 Å². The van der Waals surface area contributed by atoms with Crippen LogP contribution >= 0.6 is 0 Å². The standard InChI is InChI=1S/C29H26N4O2/c1-18-11-13-19(14-12-18)24-25(28(30)33-26(24)27(34)20-7-3-2-4-8-20)29(35)31-16-15-21-17-32-23-10-6-5-9-22(21)23/h2-14,17,32-33H,15-16,30H2,1H3,(H,31,35). The first-order valence-corrected chi connectivity index (χ1v) is 11.5. The van der Waals surface area contributed by atoms with Crippen molar-refractivity contribution >= 4 is 28.4 Å². The second-order valence-electron chi connectivity index (χ2n) is 8.59. The fraction of sp³-hybridized carbons (Fsp3) is 0.103. The first-order valence-electron chi connectivity index (χ1n) is 11.5. The Labute approximate surface area is 203 Å². The first kappa shape index (κ1) is 22.2. The van der Waals surface area contributed by atoms with Crippen LogP contribution in [0.2, 0.25) is 0 Å². The zero-order chi connectivity index (χ0) is 24.4. The predicted molar refractivity (Wildman–Crippen MR) is 140 cm³/mol. The highest BCUT2D eigenvalue weighted by Gasteiger charge is 2.27. The number of hydrogen-bond donors (Lipinski definition) is 4.